The molecule has 1 aromatic carbocycles. The molecule has 0 aliphatic carbocycles. The quantitative estimate of drug-likeness (QED) is 0.682. The van der Waals surface area contributed by atoms with E-state index in [0.717, 1.165) is 0 Å². The largest absolute Gasteiger partial charge is 0.545 e. The predicted molar refractivity (Wildman–Crippen MR) is 47.7 cm³/mol. The van der Waals surface area contributed by atoms with E-state index < -0.39 is 5.97 Å². The summed E-state index contributed by atoms with van der Waals surface area (Å²) in [6.07, 6.45) is 1.94. The highest BCUT2D eigenvalue weighted by atomic mass is 16.6. The van der Waals surface area contributed by atoms with E-state index in [1.165, 1.54) is 6.07 Å². The van der Waals surface area contributed by atoms with Gasteiger partial charge in [0.15, 0.2) is 6.10 Å². The third kappa shape index (κ3) is 1.46. The van der Waals surface area contributed by atoms with E-state index in [9.17, 15) is 9.90 Å². The van der Waals surface area contributed by atoms with Gasteiger partial charge >= 0.3 is 0 Å². The first kappa shape index (κ1) is 8.74. The van der Waals surface area contributed by atoms with Gasteiger partial charge in [-0.1, -0.05) is 29.4 Å². The fourth-order valence-corrected chi connectivity index (χ4v) is 1.45. The number of oxime groups is 1. The van der Waals surface area contributed by atoms with Crippen molar-refractivity contribution in [2.75, 3.05) is 0 Å². The molecule has 1 aromatic rings. The Kier molecular flexibility index (Phi) is 2.18. The molecule has 2 rings (SSSR count). The first-order chi connectivity index (χ1) is 6.79. The van der Waals surface area contributed by atoms with Gasteiger partial charge in [0, 0.05) is 23.8 Å². The standard InChI is InChI=1S/C10H9NO3/c12-10(13)8-4-2-1-3-7(8)9-5-6-11-14-9/h1-4,6,9H,5H2,(H,12,13)/p-1. The van der Waals surface area contributed by atoms with Gasteiger partial charge < -0.3 is 14.7 Å². The van der Waals surface area contributed by atoms with Crippen molar-refractivity contribution < 1.29 is 14.7 Å². The highest BCUT2D eigenvalue weighted by molar-refractivity contribution is 5.88. The summed E-state index contributed by atoms with van der Waals surface area (Å²) >= 11 is 0. The van der Waals surface area contributed by atoms with Crippen molar-refractivity contribution in [1.82, 2.24) is 0 Å². The van der Waals surface area contributed by atoms with Crippen molar-refractivity contribution in [3.8, 4) is 0 Å². The number of nitrogens with zero attached hydrogens (tertiary/aromatic N) is 1. The van der Waals surface area contributed by atoms with Gasteiger partial charge in [-0.3, -0.25) is 0 Å². The zero-order valence-electron chi connectivity index (χ0n) is 7.34. The van der Waals surface area contributed by atoms with Crippen molar-refractivity contribution in [1.29, 1.82) is 0 Å². The Morgan fingerprint density at radius 2 is 2.29 bits per heavy atom. The number of carboxylic acid groups (broad SMARTS) is 1. The van der Waals surface area contributed by atoms with Crippen LogP contribution < -0.4 is 5.11 Å². The molecule has 0 fully saturated rings. The summed E-state index contributed by atoms with van der Waals surface area (Å²) in [5.41, 5.74) is 0.785. The lowest BCUT2D eigenvalue weighted by Gasteiger charge is -2.13. The number of carboxylic acids is 1. The Labute approximate surface area is 80.8 Å². The van der Waals surface area contributed by atoms with E-state index in [4.69, 9.17) is 4.84 Å². The second-order valence-electron chi connectivity index (χ2n) is 2.99. The molecule has 1 heterocycles. The van der Waals surface area contributed by atoms with E-state index in [1.807, 2.05) is 0 Å². The van der Waals surface area contributed by atoms with Crippen molar-refractivity contribution >= 4 is 12.2 Å². The van der Waals surface area contributed by atoms with Crippen LogP contribution in [0.4, 0.5) is 0 Å². The molecule has 0 spiro atoms. The summed E-state index contributed by atoms with van der Waals surface area (Å²) in [6, 6.07) is 6.64. The van der Waals surface area contributed by atoms with Crippen LogP contribution in [0.3, 0.4) is 0 Å². The lowest BCUT2D eigenvalue weighted by molar-refractivity contribution is -0.255. The minimum Gasteiger partial charge on any atom is -0.545 e. The lowest BCUT2D eigenvalue weighted by atomic mass is 10.0. The summed E-state index contributed by atoms with van der Waals surface area (Å²) in [5, 5.41) is 14.4. The third-order valence-electron chi connectivity index (χ3n) is 2.11. The van der Waals surface area contributed by atoms with Gasteiger partial charge in [0.2, 0.25) is 0 Å². The second kappa shape index (κ2) is 3.49. The zero-order valence-corrected chi connectivity index (χ0v) is 7.34. The van der Waals surface area contributed by atoms with Crippen LogP contribution in [-0.2, 0) is 4.84 Å². The summed E-state index contributed by atoms with van der Waals surface area (Å²) in [5.74, 6) is -1.18. The molecule has 72 valence electrons. The minimum absolute atomic E-state index is 0.169. The van der Waals surface area contributed by atoms with Crippen LogP contribution in [0, 0.1) is 0 Å². The zero-order chi connectivity index (χ0) is 9.97. The molecule has 1 aliphatic heterocycles. The van der Waals surface area contributed by atoms with Gasteiger partial charge in [-0.05, 0) is 0 Å². The van der Waals surface area contributed by atoms with E-state index >= 15 is 0 Å². The lowest BCUT2D eigenvalue weighted by Crippen LogP contribution is -2.24. The van der Waals surface area contributed by atoms with Crippen molar-refractivity contribution in [2.45, 2.75) is 12.5 Å². The Bertz CT molecular complexity index is 379. The smallest absolute Gasteiger partial charge is 0.158 e. The highest BCUT2D eigenvalue weighted by Gasteiger charge is 2.19. The molecule has 0 amide bonds. The van der Waals surface area contributed by atoms with Crippen molar-refractivity contribution in [2.24, 2.45) is 5.16 Å². The summed E-state index contributed by atoms with van der Waals surface area (Å²) in [7, 11) is 0. The molecule has 0 N–H and O–H groups in total. The summed E-state index contributed by atoms with van der Waals surface area (Å²) in [4.78, 5) is 15.8. The number of hydrogen-bond acceptors (Lipinski definition) is 4. The van der Waals surface area contributed by atoms with E-state index in [1.54, 1.807) is 24.4 Å². The number of carbonyl (C=O) groups is 1. The Hall–Kier alpha value is -1.84. The maximum Gasteiger partial charge on any atom is 0.158 e. The van der Waals surface area contributed by atoms with Crippen LogP contribution in [0.25, 0.3) is 0 Å². The van der Waals surface area contributed by atoms with Crippen LogP contribution in [0.1, 0.15) is 28.4 Å². The maximum atomic E-state index is 10.8. The number of carbonyl (C=O) groups excluding carboxylic acids is 1. The molecule has 1 atom stereocenters. The van der Waals surface area contributed by atoms with Crippen molar-refractivity contribution in [3.05, 3.63) is 35.4 Å². The van der Waals surface area contributed by atoms with Crippen LogP contribution in [0.5, 0.6) is 0 Å². The van der Waals surface area contributed by atoms with Gasteiger partial charge in [-0.2, -0.15) is 0 Å². The van der Waals surface area contributed by atoms with E-state index in [-0.39, 0.29) is 11.7 Å². The van der Waals surface area contributed by atoms with Gasteiger partial charge in [-0.15, -0.1) is 0 Å². The number of hydrogen-bond donors (Lipinski definition) is 0. The fourth-order valence-electron chi connectivity index (χ4n) is 1.45. The molecule has 14 heavy (non-hydrogen) atoms. The Balaban J connectivity index is 2.36. The fraction of sp³-hybridized carbons (Fsp3) is 0.200. The first-order valence-corrected chi connectivity index (χ1v) is 4.27. The van der Waals surface area contributed by atoms with Gasteiger partial charge in [0.25, 0.3) is 0 Å². The third-order valence-corrected chi connectivity index (χ3v) is 2.11. The van der Waals surface area contributed by atoms with Crippen LogP contribution in [0.15, 0.2) is 29.4 Å². The number of rotatable bonds is 2. The predicted octanol–water partition coefficient (Wildman–Crippen LogP) is 0.497. The molecule has 0 aromatic heterocycles. The Morgan fingerprint density at radius 1 is 1.50 bits per heavy atom. The van der Waals surface area contributed by atoms with Crippen LogP contribution >= 0.6 is 0 Å². The first-order valence-electron chi connectivity index (χ1n) is 4.27. The Morgan fingerprint density at radius 3 is 2.93 bits per heavy atom. The van der Waals surface area contributed by atoms with Crippen LogP contribution in [-0.4, -0.2) is 12.2 Å². The molecule has 0 bridgehead atoms. The minimum atomic E-state index is -1.18. The molecule has 1 aliphatic rings. The van der Waals surface area contributed by atoms with E-state index in [2.05, 4.69) is 5.16 Å². The molecule has 4 nitrogen and oxygen atoms in total. The van der Waals surface area contributed by atoms with E-state index in [0.29, 0.717) is 12.0 Å². The molecule has 0 radical (unpaired) electrons. The number of aromatic carboxylic acids is 1. The summed E-state index contributed by atoms with van der Waals surface area (Å²) < 4.78 is 0. The average Bonchev–Trinajstić information content (AvgIpc) is 2.70. The molecular weight excluding hydrogens is 182 g/mol. The monoisotopic (exact) mass is 190 g/mol. The molecule has 0 saturated heterocycles. The van der Waals surface area contributed by atoms with Gasteiger partial charge in [0.05, 0.1) is 5.97 Å². The average molecular weight is 190 g/mol. The molecule has 4 heteroatoms. The van der Waals surface area contributed by atoms with Gasteiger partial charge in [0.1, 0.15) is 0 Å². The van der Waals surface area contributed by atoms with Crippen LogP contribution in [0.2, 0.25) is 0 Å². The summed E-state index contributed by atoms with van der Waals surface area (Å²) in [6.45, 7) is 0. The SMILES string of the molecule is O=C([O-])c1ccccc1C1CC=NO1. The molecular formula is C10H8NO3-. The van der Waals surface area contributed by atoms with Crippen molar-refractivity contribution in [3.63, 3.8) is 0 Å². The highest BCUT2D eigenvalue weighted by Crippen LogP contribution is 2.26. The second-order valence-corrected chi connectivity index (χ2v) is 2.99. The maximum absolute atomic E-state index is 10.8. The van der Waals surface area contributed by atoms with Gasteiger partial charge in [-0.25, -0.2) is 0 Å². The molecule has 1 unspecified atom stereocenters. The normalized spacial score (nSPS) is 19.3. The number of benzene rings is 1. The molecule has 0 saturated carbocycles. The topological polar surface area (TPSA) is 61.7 Å².